The third-order valence-corrected chi connectivity index (χ3v) is 4.97. The molecule has 0 amide bonds. The molecule has 7 nitrogen and oxygen atoms in total. The average molecular weight is 372 g/mol. The summed E-state index contributed by atoms with van der Waals surface area (Å²) in [5.41, 5.74) is 3.44. The molecule has 2 aliphatic rings. The van der Waals surface area contributed by atoms with E-state index in [-0.39, 0.29) is 5.82 Å². The number of hydrogen-bond acceptors (Lipinski definition) is 6. The largest absolute Gasteiger partial charge is 0.475 e. The van der Waals surface area contributed by atoms with Crippen molar-refractivity contribution in [3.8, 4) is 11.6 Å². The molecule has 0 aliphatic carbocycles. The normalized spacial score (nSPS) is 14.8. The summed E-state index contributed by atoms with van der Waals surface area (Å²) in [6.45, 7) is 1.14. The standard InChI is InChI=1S/C20H13FN6O/c21-13-1-3-14(4-2-13)26-6-5-12-9-15(10-22-18(12)26)27-7-8-28-20-16-17(23-11-24-20)25-19(16)27/h1-6,9-11H,7-8H2. The SMILES string of the molecule is Fc1ccc(-n2ccc3cc(N4CCOc5ncnc6c5C4=N6)cnc32)cc1. The highest BCUT2D eigenvalue weighted by atomic mass is 19.1. The van der Waals surface area contributed by atoms with Gasteiger partial charge in [0.25, 0.3) is 0 Å². The highest BCUT2D eigenvalue weighted by Gasteiger charge is 2.34. The Hall–Kier alpha value is -3.81. The molecule has 0 unspecified atom stereocenters. The second-order valence-electron chi connectivity index (χ2n) is 6.58. The number of fused-ring (bicyclic) bond motifs is 1. The van der Waals surface area contributed by atoms with E-state index < -0.39 is 0 Å². The number of anilines is 1. The van der Waals surface area contributed by atoms with Crippen molar-refractivity contribution >= 4 is 28.4 Å². The lowest BCUT2D eigenvalue weighted by Crippen LogP contribution is -2.35. The van der Waals surface area contributed by atoms with Gasteiger partial charge in [0.15, 0.2) is 11.7 Å². The third kappa shape index (κ3) is 2.14. The van der Waals surface area contributed by atoms with Crippen LogP contribution in [0.25, 0.3) is 16.7 Å². The van der Waals surface area contributed by atoms with Crippen LogP contribution in [0.15, 0.2) is 60.1 Å². The third-order valence-electron chi connectivity index (χ3n) is 4.97. The molecule has 4 aromatic rings. The maximum absolute atomic E-state index is 13.2. The smallest absolute Gasteiger partial charge is 0.230 e. The van der Waals surface area contributed by atoms with E-state index in [0.29, 0.717) is 24.8 Å². The molecule has 0 fully saturated rings. The van der Waals surface area contributed by atoms with Crippen molar-refractivity contribution in [3.05, 3.63) is 66.5 Å². The molecule has 0 spiro atoms. The van der Waals surface area contributed by atoms with E-state index in [1.54, 1.807) is 12.1 Å². The lowest BCUT2D eigenvalue weighted by Gasteiger charge is -2.27. The summed E-state index contributed by atoms with van der Waals surface area (Å²) in [5.74, 6) is 1.78. The van der Waals surface area contributed by atoms with E-state index in [0.717, 1.165) is 33.8 Å². The second-order valence-corrected chi connectivity index (χ2v) is 6.58. The average Bonchev–Trinajstić information content (AvgIpc) is 3.02. The maximum Gasteiger partial charge on any atom is 0.230 e. The molecule has 6 rings (SSSR count). The molecule has 2 aliphatic heterocycles. The number of pyridine rings is 1. The first-order chi connectivity index (χ1) is 13.8. The molecule has 28 heavy (non-hydrogen) atoms. The fraction of sp³-hybridized carbons (Fsp3) is 0.100. The number of rotatable bonds is 2. The molecule has 5 heterocycles. The number of halogens is 1. The van der Waals surface area contributed by atoms with Gasteiger partial charge >= 0.3 is 0 Å². The number of aromatic nitrogens is 4. The Morgan fingerprint density at radius 1 is 1.00 bits per heavy atom. The summed E-state index contributed by atoms with van der Waals surface area (Å²) in [4.78, 5) is 19.6. The number of aliphatic imine (C=N–C) groups is 1. The minimum absolute atomic E-state index is 0.260. The number of nitrogens with zero attached hydrogens (tertiary/aromatic N) is 6. The Morgan fingerprint density at radius 2 is 1.89 bits per heavy atom. The van der Waals surface area contributed by atoms with Crippen LogP contribution in [0, 0.1) is 5.82 Å². The summed E-state index contributed by atoms with van der Waals surface area (Å²) in [7, 11) is 0. The topological polar surface area (TPSA) is 68.4 Å². The minimum atomic E-state index is -0.260. The highest BCUT2D eigenvalue weighted by Crippen LogP contribution is 2.38. The van der Waals surface area contributed by atoms with Gasteiger partial charge in [0.2, 0.25) is 5.88 Å². The highest BCUT2D eigenvalue weighted by molar-refractivity contribution is 6.20. The zero-order valence-corrected chi connectivity index (χ0v) is 14.6. The van der Waals surface area contributed by atoms with Gasteiger partial charge in [-0.05, 0) is 36.4 Å². The van der Waals surface area contributed by atoms with Gasteiger partial charge in [-0.15, -0.1) is 0 Å². The van der Waals surface area contributed by atoms with Crippen molar-refractivity contribution in [1.82, 2.24) is 19.5 Å². The van der Waals surface area contributed by atoms with Crippen LogP contribution < -0.4 is 9.64 Å². The van der Waals surface area contributed by atoms with E-state index >= 15 is 0 Å². The van der Waals surface area contributed by atoms with Crippen molar-refractivity contribution in [2.45, 2.75) is 0 Å². The summed E-state index contributed by atoms with van der Waals surface area (Å²) < 4.78 is 20.9. The van der Waals surface area contributed by atoms with Crippen LogP contribution in [-0.2, 0) is 0 Å². The van der Waals surface area contributed by atoms with E-state index in [4.69, 9.17) is 4.74 Å². The Morgan fingerprint density at radius 3 is 2.79 bits per heavy atom. The second kappa shape index (κ2) is 5.59. The van der Waals surface area contributed by atoms with Crippen molar-refractivity contribution < 1.29 is 9.13 Å². The van der Waals surface area contributed by atoms with E-state index in [2.05, 4.69) is 30.9 Å². The van der Waals surface area contributed by atoms with Crippen molar-refractivity contribution in [1.29, 1.82) is 0 Å². The molecule has 8 heteroatoms. The Kier molecular flexibility index (Phi) is 3.05. The predicted octanol–water partition coefficient (Wildman–Crippen LogP) is 3.25. The summed E-state index contributed by atoms with van der Waals surface area (Å²) in [6, 6.07) is 10.4. The Labute approximate surface area is 158 Å². The van der Waals surface area contributed by atoms with Crippen molar-refractivity contribution in [2.75, 3.05) is 18.1 Å². The first-order valence-electron chi connectivity index (χ1n) is 8.85. The van der Waals surface area contributed by atoms with Gasteiger partial charge in [0, 0.05) is 17.3 Å². The minimum Gasteiger partial charge on any atom is -0.475 e. The zero-order chi connectivity index (χ0) is 18.7. The van der Waals surface area contributed by atoms with Crippen LogP contribution in [0.4, 0.5) is 15.9 Å². The number of amidine groups is 1. The number of hydrogen-bond donors (Lipinski definition) is 0. The van der Waals surface area contributed by atoms with Crippen LogP contribution in [0.3, 0.4) is 0 Å². The molecule has 136 valence electrons. The molecule has 0 radical (unpaired) electrons. The van der Waals surface area contributed by atoms with Crippen molar-refractivity contribution in [2.24, 2.45) is 4.99 Å². The Balaban J connectivity index is 1.41. The zero-order valence-electron chi connectivity index (χ0n) is 14.6. The molecule has 0 saturated heterocycles. The van der Waals surface area contributed by atoms with Crippen LogP contribution in [-0.4, -0.2) is 38.5 Å². The van der Waals surface area contributed by atoms with Gasteiger partial charge in [-0.1, -0.05) is 0 Å². The van der Waals surface area contributed by atoms with E-state index in [1.807, 2.05) is 23.0 Å². The van der Waals surface area contributed by atoms with E-state index in [9.17, 15) is 4.39 Å². The molecule has 0 atom stereocenters. The maximum atomic E-state index is 13.2. The van der Waals surface area contributed by atoms with Gasteiger partial charge in [-0.25, -0.2) is 24.3 Å². The fourth-order valence-electron chi connectivity index (χ4n) is 3.61. The van der Waals surface area contributed by atoms with Crippen LogP contribution in [0.5, 0.6) is 5.88 Å². The Bertz CT molecular complexity index is 1260. The summed E-state index contributed by atoms with van der Waals surface area (Å²) in [5, 5.41) is 0.983. The van der Waals surface area contributed by atoms with Gasteiger partial charge in [0.05, 0.1) is 18.4 Å². The van der Waals surface area contributed by atoms with Gasteiger partial charge in [-0.3, -0.25) is 0 Å². The molecule has 0 N–H and O–H groups in total. The van der Waals surface area contributed by atoms with Crippen LogP contribution in [0.1, 0.15) is 5.56 Å². The predicted molar refractivity (Wildman–Crippen MR) is 102 cm³/mol. The lowest BCUT2D eigenvalue weighted by molar-refractivity contribution is 0.319. The quantitative estimate of drug-likeness (QED) is 0.540. The summed E-state index contributed by atoms with van der Waals surface area (Å²) in [6.07, 6.45) is 5.22. The van der Waals surface area contributed by atoms with Gasteiger partial charge in [-0.2, -0.15) is 0 Å². The molecule has 1 aromatic carbocycles. The monoisotopic (exact) mass is 372 g/mol. The van der Waals surface area contributed by atoms with E-state index in [1.165, 1.54) is 18.5 Å². The fourth-order valence-corrected chi connectivity index (χ4v) is 3.61. The van der Waals surface area contributed by atoms with Crippen LogP contribution >= 0.6 is 0 Å². The van der Waals surface area contributed by atoms with Gasteiger partial charge < -0.3 is 14.2 Å². The number of benzene rings is 1. The first kappa shape index (κ1) is 15.3. The first-order valence-corrected chi connectivity index (χ1v) is 8.85. The molecule has 3 aromatic heterocycles. The lowest BCUT2D eigenvalue weighted by atomic mass is 10.1. The molecular weight excluding hydrogens is 359 g/mol. The molecular formula is C20H13FN6O. The summed E-state index contributed by atoms with van der Waals surface area (Å²) >= 11 is 0. The van der Waals surface area contributed by atoms with Crippen LogP contribution in [0.2, 0.25) is 0 Å². The number of ether oxygens (including phenoxy) is 1. The van der Waals surface area contributed by atoms with Crippen molar-refractivity contribution in [3.63, 3.8) is 0 Å². The molecule has 0 saturated carbocycles. The molecule has 0 bridgehead atoms. The van der Waals surface area contributed by atoms with Gasteiger partial charge in [0.1, 0.15) is 30.0 Å².